The number of anilines is 2. The van der Waals surface area contributed by atoms with E-state index in [9.17, 15) is 4.79 Å². The van der Waals surface area contributed by atoms with E-state index in [2.05, 4.69) is 31.8 Å². The first-order chi connectivity index (χ1) is 17.0. The molecule has 1 saturated carbocycles. The molecule has 1 aromatic carbocycles. The molecule has 9 nitrogen and oxygen atoms in total. The number of hydrogen-bond donors (Lipinski definition) is 2. The van der Waals surface area contributed by atoms with Crippen LogP contribution in [0.25, 0.3) is 16.4 Å². The number of aryl methyl sites for hydroxylation is 2. The Hall–Kier alpha value is -3.59. The summed E-state index contributed by atoms with van der Waals surface area (Å²) in [5, 5.41) is 16.9. The number of ether oxygens (including phenoxy) is 1. The molecule has 2 aliphatic rings. The summed E-state index contributed by atoms with van der Waals surface area (Å²) >= 11 is 0. The second kappa shape index (κ2) is 8.57. The average Bonchev–Trinajstić information content (AvgIpc) is 3.45. The standard InChI is InChI=1S/C26H31N7O2/c1-16-12-19-13-22(24(35-3)15-33(19)29-16)28-26(34)20-6-7-23(21-14-31(2)30-25(20)21)32-10-8-18(9-11-32)27-17-4-5-17/h6-7,12-15,17-18,27H,4-5,8-11H2,1-3H3,(H,28,34). The van der Waals surface area contributed by atoms with E-state index in [0.29, 0.717) is 28.6 Å². The molecular formula is C26H31N7O2. The number of carbonyl (C=O) groups excluding carboxylic acids is 1. The Kier molecular flexibility index (Phi) is 5.36. The number of nitrogens with zero attached hydrogens (tertiary/aromatic N) is 5. The number of carbonyl (C=O) groups is 1. The first-order valence-electron chi connectivity index (χ1n) is 12.3. The average molecular weight is 474 g/mol. The van der Waals surface area contributed by atoms with Crippen molar-refractivity contribution in [3.63, 3.8) is 0 Å². The van der Waals surface area contributed by atoms with Gasteiger partial charge in [-0.2, -0.15) is 10.2 Å². The van der Waals surface area contributed by atoms with E-state index in [1.54, 1.807) is 22.5 Å². The SMILES string of the molecule is COc1cn2nc(C)cc2cc1NC(=O)c1ccc(N2CCC(NC3CC3)CC2)c2cn(C)nc12. The quantitative estimate of drug-likeness (QED) is 0.446. The zero-order valence-electron chi connectivity index (χ0n) is 20.4. The van der Waals surface area contributed by atoms with E-state index < -0.39 is 0 Å². The summed E-state index contributed by atoms with van der Waals surface area (Å²) in [4.78, 5) is 15.9. The fraction of sp³-hybridized carbons (Fsp3) is 0.423. The highest BCUT2D eigenvalue weighted by Gasteiger charge is 2.28. The van der Waals surface area contributed by atoms with Crippen molar-refractivity contribution < 1.29 is 9.53 Å². The summed E-state index contributed by atoms with van der Waals surface area (Å²) in [5.41, 5.74) is 4.78. The van der Waals surface area contributed by atoms with Crippen LogP contribution in [0.3, 0.4) is 0 Å². The van der Waals surface area contributed by atoms with Gasteiger partial charge < -0.3 is 20.3 Å². The monoisotopic (exact) mass is 473 g/mol. The number of amides is 1. The van der Waals surface area contributed by atoms with Crippen LogP contribution in [0.4, 0.5) is 11.4 Å². The lowest BCUT2D eigenvalue weighted by Gasteiger charge is -2.34. The van der Waals surface area contributed by atoms with Gasteiger partial charge in [-0.1, -0.05) is 0 Å². The fourth-order valence-electron chi connectivity index (χ4n) is 5.13. The molecule has 0 spiro atoms. The van der Waals surface area contributed by atoms with Gasteiger partial charge in [0.1, 0.15) is 5.52 Å². The second-order valence-corrected chi connectivity index (χ2v) is 9.76. The van der Waals surface area contributed by atoms with Crippen LogP contribution in [0, 0.1) is 6.92 Å². The minimum Gasteiger partial charge on any atom is -0.493 e. The molecule has 0 bridgehead atoms. The van der Waals surface area contributed by atoms with Crippen LogP contribution in [0.2, 0.25) is 0 Å². The molecule has 4 heterocycles. The summed E-state index contributed by atoms with van der Waals surface area (Å²) < 4.78 is 9.05. The molecule has 1 amide bonds. The van der Waals surface area contributed by atoms with Crippen LogP contribution >= 0.6 is 0 Å². The van der Waals surface area contributed by atoms with E-state index in [4.69, 9.17) is 4.74 Å². The lowest BCUT2D eigenvalue weighted by atomic mass is 10.0. The minimum atomic E-state index is -0.216. The highest BCUT2D eigenvalue weighted by atomic mass is 16.5. The van der Waals surface area contributed by atoms with Gasteiger partial charge in [-0.25, -0.2) is 4.52 Å². The van der Waals surface area contributed by atoms with Crippen LogP contribution in [-0.4, -0.2) is 57.6 Å². The van der Waals surface area contributed by atoms with Crippen LogP contribution in [-0.2, 0) is 7.05 Å². The Morgan fingerprint density at radius 1 is 1.06 bits per heavy atom. The molecule has 2 N–H and O–H groups in total. The molecule has 3 aromatic heterocycles. The molecule has 4 aromatic rings. The van der Waals surface area contributed by atoms with E-state index in [1.807, 2.05) is 38.4 Å². The molecule has 1 aliphatic heterocycles. The summed E-state index contributed by atoms with van der Waals surface area (Å²) in [5.74, 6) is 0.331. The van der Waals surface area contributed by atoms with Gasteiger partial charge in [0, 0.05) is 49.5 Å². The number of hydrogen-bond acceptors (Lipinski definition) is 6. The summed E-state index contributed by atoms with van der Waals surface area (Å²) in [6, 6.07) is 9.15. The normalized spacial score (nSPS) is 16.8. The molecule has 0 unspecified atom stereocenters. The number of benzene rings is 1. The van der Waals surface area contributed by atoms with Crippen LogP contribution in [0.15, 0.2) is 36.7 Å². The summed E-state index contributed by atoms with van der Waals surface area (Å²) in [6.45, 7) is 3.94. The van der Waals surface area contributed by atoms with Gasteiger partial charge in [-0.15, -0.1) is 0 Å². The zero-order chi connectivity index (χ0) is 24.1. The largest absolute Gasteiger partial charge is 0.493 e. The van der Waals surface area contributed by atoms with Gasteiger partial charge in [-0.3, -0.25) is 9.48 Å². The number of fused-ring (bicyclic) bond motifs is 2. The molecule has 182 valence electrons. The van der Waals surface area contributed by atoms with Gasteiger partial charge in [0.05, 0.1) is 35.8 Å². The number of aromatic nitrogens is 4. The van der Waals surface area contributed by atoms with Crippen molar-refractivity contribution in [2.75, 3.05) is 30.4 Å². The molecule has 1 saturated heterocycles. The molecular weight excluding hydrogens is 442 g/mol. The highest BCUT2D eigenvalue weighted by Crippen LogP contribution is 2.33. The van der Waals surface area contributed by atoms with Crippen molar-refractivity contribution in [2.45, 2.75) is 44.7 Å². The first-order valence-corrected chi connectivity index (χ1v) is 12.3. The summed E-state index contributed by atoms with van der Waals surface area (Å²) in [7, 11) is 3.48. The third-order valence-electron chi connectivity index (χ3n) is 7.05. The summed E-state index contributed by atoms with van der Waals surface area (Å²) in [6.07, 6.45) is 8.70. The Balaban J connectivity index is 1.27. The molecule has 2 fully saturated rings. The number of methoxy groups -OCH3 is 1. The molecule has 1 aliphatic carbocycles. The molecule has 6 rings (SSSR count). The third-order valence-corrected chi connectivity index (χ3v) is 7.05. The molecule has 9 heteroatoms. The van der Waals surface area contributed by atoms with Gasteiger partial charge in [0.25, 0.3) is 5.91 Å². The maximum Gasteiger partial charge on any atom is 0.258 e. The predicted octanol–water partition coefficient (Wildman–Crippen LogP) is 3.51. The molecule has 0 atom stereocenters. The molecule has 0 radical (unpaired) electrons. The van der Waals surface area contributed by atoms with Gasteiger partial charge in [0.15, 0.2) is 5.75 Å². The topological polar surface area (TPSA) is 88.7 Å². The van der Waals surface area contributed by atoms with E-state index in [1.165, 1.54) is 12.8 Å². The van der Waals surface area contributed by atoms with Crippen molar-refractivity contribution in [2.24, 2.45) is 7.05 Å². The number of pyridine rings is 1. The predicted molar refractivity (Wildman–Crippen MR) is 137 cm³/mol. The Labute approximate surface area is 204 Å². The van der Waals surface area contributed by atoms with Gasteiger partial charge >= 0.3 is 0 Å². The first kappa shape index (κ1) is 21.9. The van der Waals surface area contributed by atoms with E-state index in [0.717, 1.165) is 54.3 Å². The second-order valence-electron chi connectivity index (χ2n) is 9.76. The molecule has 35 heavy (non-hydrogen) atoms. The third kappa shape index (κ3) is 4.20. The zero-order valence-corrected chi connectivity index (χ0v) is 20.4. The van der Waals surface area contributed by atoms with Crippen molar-refractivity contribution in [1.82, 2.24) is 24.7 Å². The number of piperidine rings is 1. The Bertz CT molecular complexity index is 1410. The van der Waals surface area contributed by atoms with Crippen molar-refractivity contribution in [3.05, 3.63) is 47.9 Å². The fourth-order valence-corrected chi connectivity index (χ4v) is 5.13. The lowest BCUT2D eigenvalue weighted by molar-refractivity contribution is 0.102. The highest BCUT2D eigenvalue weighted by molar-refractivity contribution is 6.14. The van der Waals surface area contributed by atoms with Crippen LogP contribution in [0.5, 0.6) is 5.75 Å². The minimum absolute atomic E-state index is 0.216. The van der Waals surface area contributed by atoms with Crippen LogP contribution in [0.1, 0.15) is 41.7 Å². The van der Waals surface area contributed by atoms with Crippen LogP contribution < -0.4 is 20.3 Å². The van der Waals surface area contributed by atoms with Crippen molar-refractivity contribution >= 4 is 33.7 Å². The number of nitrogens with one attached hydrogen (secondary N) is 2. The number of rotatable bonds is 6. The maximum absolute atomic E-state index is 13.4. The maximum atomic E-state index is 13.4. The van der Waals surface area contributed by atoms with Gasteiger partial charge in [-0.05, 0) is 56.9 Å². The van der Waals surface area contributed by atoms with Gasteiger partial charge in [0.2, 0.25) is 0 Å². The van der Waals surface area contributed by atoms with Crippen molar-refractivity contribution in [1.29, 1.82) is 0 Å². The lowest BCUT2D eigenvalue weighted by Crippen LogP contribution is -2.43. The smallest absolute Gasteiger partial charge is 0.258 e. The van der Waals surface area contributed by atoms with E-state index in [-0.39, 0.29) is 5.91 Å². The van der Waals surface area contributed by atoms with E-state index >= 15 is 0 Å². The van der Waals surface area contributed by atoms with Crippen molar-refractivity contribution in [3.8, 4) is 5.75 Å². The Morgan fingerprint density at radius 3 is 2.57 bits per heavy atom. The Morgan fingerprint density at radius 2 is 1.83 bits per heavy atom.